The minimum atomic E-state index is -1.54. The summed E-state index contributed by atoms with van der Waals surface area (Å²) in [5, 5.41) is 0. The molecule has 0 aromatic heterocycles. The number of hydrogen-bond acceptors (Lipinski definition) is 1. The zero-order valence-electron chi connectivity index (χ0n) is 11.3. The predicted molar refractivity (Wildman–Crippen MR) is 75.5 cm³/mol. The molecule has 1 saturated carbocycles. The molecule has 2 atom stereocenters. The van der Waals surface area contributed by atoms with Gasteiger partial charge in [-0.1, -0.05) is 42.5 Å². The van der Waals surface area contributed by atoms with Crippen molar-refractivity contribution in [1.82, 2.24) is 0 Å². The van der Waals surface area contributed by atoms with Gasteiger partial charge in [0.25, 0.3) is 0 Å². The van der Waals surface area contributed by atoms with Crippen LogP contribution in [0.15, 0.2) is 42.5 Å². The molecule has 1 aromatic rings. The van der Waals surface area contributed by atoms with Crippen LogP contribution >= 0.6 is 0 Å². The molecule has 0 radical (unpaired) electrons. The van der Waals surface area contributed by atoms with Crippen molar-refractivity contribution in [1.29, 1.82) is 0 Å². The largest absolute Gasteiger partial charge is 0.408 e. The van der Waals surface area contributed by atoms with E-state index in [4.69, 9.17) is 4.43 Å². The van der Waals surface area contributed by atoms with Gasteiger partial charge in [-0.05, 0) is 38.5 Å². The van der Waals surface area contributed by atoms with Crippen LogP contribution in [-0.4, -0.2) is 8.32 Å². The third-order valence-electron chi connectivity index (χ3n) is 3.26. The van der Waals surface area contributed by atoms with Crippen molar-refractivity contribution < 1.29 is 4.43 Å². The topological polar surface area (TPSA) is 9.23 Å². The second kappa shape index (κ2) is 4.11. The fraction of sp³-hybridized carbons (Fsp3) is 0.467. The summed E-state index contributed by atoms with van der Waals surface area (Å²) in [4.78, 5) is 0. The molecule has 0 saturated heterocycles. The second-order valence-corrected chi connectivity index (χ2v) is 10.5. The average Bonchev–Trinajstić information content (AvgIpc) is 2.93. The summed E-state index contributed by atoms with van der Waals surface area (Å²) in [5.74, 6) is 0.497. The molecule has 2 heteroatoms. The van der Waals surface area contributed by atoms with Crippen LogP contribution in [0.4, 0.5) is 0 Å². The van der Waals surface area contributed by atoms with Crippen LogP contribution in [0.5, 0.6) is 0 Å². The highest BCUT2D eigenvalue weighted by atomic mass is 28.4. The summed E-state index contributed by atoms with van der Waals surface area (Å²) in [6, 6.07) is 10.6. The lowest BCUT2D eigenvalue weighted by Crippen LogP contribution is -2.33. The van der Waals surface area contributed by atoms with Crippen LogP contribution in [0, 0.1) is 5.92 Å². The van der Waals surface area contributed by atoms with Crippen LogP contribution in [0.1, 0.15) is 18.9 Å². The van der Waals surface area contributed by atoms with Crippen molar-refractivity contribution in [3.8, 4) is 0 Å². The van der Waals surface area contributed by atoms with Crippen LogP contribution in [0.3, 0.4) is 0 Å². The van der Waals surface area contributed by atoms with Crippen LogP contribution < -0.4 is 0 Å². The van der Waals surface area contributed by atoms with Gasteiger partial charge in [-0.2, -0.15) is 0 Å². The smallest absolute Gasteiger partial charge is 0.185 e. The highest BCUT2D eigenvalue weighted by Gasteiger charge is 2.58. The van der Waals surface area contributed by atoms with Gasteiger partial charge in [0.2, 0.25) is 0 Å². The average molecular weight is 246 g/mol. The fourth-order valence-corrected chi connectivity index (χ4v) is 4.01. The quantitative estimate of drug-likeness (QED) is 0.567. The van der Waals surface area contributed by atoms with Gasteiger partial charge in [-0.15, -0.1) is 0 Å². The monoisotopic (exact) mass is 246 g/mol. The van der Waals surface area contributed by atoms with E-state index < -0.39 is 8.32 Å². The maximum absolute atomic E-state index is 6.47. The highest BCUT2D eigenvalue weighted by molar-refractivity contribution is 6.69. The first-order valence-electron chi connectivity index (χ1n) is 6.26. The molecule has 0 spiro atoms. The standard InChI is InChI=1S/C15H22OSi/c1-12(2)14-11-15(14,16-17(3,4)5)13-9-7-6-8-10-13/h6-10,14H,1,11H2,2-5H3. The van der Waals surface area contributed by atoms with Crippen molar-refractivity contribution in [2.24, 2.45) is 5.92 Å². The SMILES string of the molecule is C=C(C)C1CC1(O[Si](C)(C)C)c1ccccc1. The molecule has 1 aromatic carbocycles. The van der Waals surface area contributed by atoms with Gasteiger partial charge in [-0.25, -0.2) is 0 Å². The Bertz CT molecular complexity index is 418. The molecule has 1 nitrogen and oxygen atoms in total. The Morgan fingerprint density at radius 3 is 2.29 bits per heavy atom. The fourth-order valence-electron chi connectivity index (χ4n) is 2.57. The molecule has 1 fully saturated rings. The molecule has 2 rings (SSSR count). The summed E-state index contributed by atoms with van der Waals surface area (Å²) in [6.07, 6.45) is 1.09. The molecule has 0 N–H and O–H groups in total. The molecular formula is C15H22OSi. The summed E-state index contributed by atoms with van der Waals surface area (Å²) in [7, 11) is -1.54. The Balaban J connectivity index is 2.32. The van der Waals surface area contributed by atoms with Gasteiger partial charge in [0.05, 0.1) is 5.60 Å². The van der Waals surface area contributed by atoms with Crippen LogP contribution in [0.2, 0.25) is 19.6 Å². The van der Waals surface area contributed by atoms with Gasteiger partial charge < -0.3 is 4.43 Å². The Kier molecular flexibility index (Phi) is 3.04. The molecular weight excluding hydrogens is 224 g/mol. The van der Waals surface area contributed by atoms with E-state index in [0.29, 0.717) is 5.92 Å². The lowest BCUT2D eigenvalue weighted by Gasteiger charge is -2.28. The van der Waals surface area contributed by atoms with Gasteiger partial charge >= 0.3 is 0 Å². The summed E-state index contributed by atoms with van der Waals surface area (Å²) in [5.41, 5.74) is 2.49. The van der Waals surface area contributed by atoms with Crippen LogP contribution in [0.25, 0.3) is 0 Å². The Hall–Kier alpha value is -0.863. The summed E-state index contributed by atoms with van der Waals surface area (Å²) in [6.45, 7) is 13.0. The molecule has 1 aliphatic rings. The number of hydrogen-bond donors (Lipinski definition) is 0. The van der Waals surface area contributed by atoms with Crippen molar-refractivity contribution in [3.05, 3.63) is 48.0 Å². The zero-order valence-corrected chi connectivity index (χ0v) is 12.3. The Morgan fingerprint density at radius 2 is 1.88 bits per heavy atom. The molecule has 0 aliphatic heterocycles. The van der Waals surface area contributed by atoms with Crippen molar-refractivity contribution in [3.63, 3.8) is 0 Å². The van der Waals surface area contributed by atoms with E-state index in [-0.39, 0.29) is 5.60 Å². The van der Waals surface area contributed by atoms with E-state index in [9.17, 15) is 0 Å². The van der Waals surface area contributed by atoms with E-state index in [1.807, 2.05) is 0 Å². The van der Waals surface area contributed by atoms with Crippen molar-refractivity contribution in [2.45, 2.75) is 38.6 Å². The first kappa shape index (κ1) is 12.6. The first-order chi connectivity index (χ1) is 7.85. The lowest BCUT2D eigenvalue weighted by molar-refractivity contribution is 0.159. The molecule has 17 heavy (non-hydrogen) atoms. The normalized spacial score (nSPS) is 27.9. The maximum Gasteiger partial charge on any atom is 0.185 e. The second-order valence-electron chi connectivity index (χ2n) is 6.07. The Labute approximate surface area is 106 Å². The van der Waals surface area contributed by atoms with Gasteiger partial charge in [0, 0.05) is 5.92 Å². The van der Waals surface area contributed by atoms with E-state index in [1.54, 1.807) is 0 Å². The molecule has 0 amide bonds. The van der Waals surface area contributed by atoms with Crippen molar-refractivity contribution in [2.75, 3.05) is 0 Å². The van der Waals surface area contributed by atoms with Gasteiger partial charge in [-0.3, -0.25) is 0 Å². The summed E-state index contributed by atoms with van der Waals surface area (Å²) < 4.78 is 6.47. The Morgan fingerprint density at radius 1 is 1.29 bits per heavy atom. The van der Waals surface area contributed by atoms with E-state index in [0.717, 1.165) is 6.42 Å². The zero-order chi connectivity index (χ0) is 12.7. The number of rotatable bonds is 4. The molecule has 0 bridgehead atoms. The van der Waals surface area contributed by atoms with E-state index in [2.05, 4.69) is 63.5 Å². The number of benzene rings is 1. The third kappa shape index (κ3) is 2.53. The lowest BCUT2D eigenvalue weighted by atomic mass is 10.0. The molecule has 92 valence electrons. The molecule has 1 aliphatic carbocycles. The summed E-state index contributed by atoms with van der Waals surface area (Å²) >= 11 is 0. The van der Waals surface area contributed by atoms with Crippen molar-refractivity contribution >= 4 is 8.32 Å². The maximum atomic E-state index is 6.47. The van der Waals surface area contributed by atoms with Gasteiger partial charge in [0.1, 0.15) is 0 Å². The van der Waals surface area contributed by atoms with E-state index >= 15 is 0 Å². The minimum absolute atomic E-state index is 0.0719. The predicted octanol–water partition coefficient (Wildman–Crippen LogP) is 4.33. The minimum Gasteiger partial charge on any atom is -0.408 e. The molecule has 2 unspecified atom stereocenters. The highest BCUT2D eigenvalue weighted by Crippen LogP contribution is 2.59. The van der Waals surface area contributed by atoms with Gasteiger partial charge in [0.15, 0.2) is 8.32 Å². The first-order valence-corrected chi connectivity index (χ1v) is 9.67. The molecule has 0 heterocycles. The van der Waals surface area contributed by atoms with E-state index in [1.165, 1.54) is 11.1 Å². The third-order valence-corrected chi connectivity index (χ3v) is 4.23. The van der Waals surface area contributed by atoms with Crippen LogP contribution in [-0.2, 0) is 10.0 Å².